The van der Waals surface area contributed by atoms with E-state index in [2.05, 4.69) is 28.8 Å². The summed E-state index contributed by atoms with van der Waals surface area (Å²) in [5.41, 5.74) is 1.90. The van der Waals surface area contributed by atoms with Crippen molar-refractivity contribution >= 4 is 23.4 Å². The number of hydrogen-bond acceptors (Lipinski definition) is 4. The second-order valence-electron chi connectivity index (χ2n) is 6.30. The van der Waals surface area contributed by atoms with E-state index in [9.17, 15) is 4.79 Å². The standard InChI is InChI=1S/C23H24N2O2S/c1-17(19-12-6-8-14-21(19)27-2)25-23(26)16-24-20-13-7-9-15-22(20)28-18-10-4-3-5-11-18/h3-15,17,24H,16H2,1-2H3,(H,25,26). The Balaban J connectivity index is 1.60. The van der Waals surface area contributed by atoms with Crippen molar-refractivity contribution in [1.29, 1.82) is 0 Å². The minimum Gasteiger partial charge on any atom is -0.496 e. The van der Waals surface area contributed by atoms with E-state index in [4.69, 9.17) is 4.74 Å². The second kappa shape index (κ2) is 9.85. The van der Waals surface area contributed by atoms with Crippen LogP contribution in [0.2, 0.25) is 0 Å². The van der Waals surface area contributed by atoms with Gasteiger partial charge in [0, 0.05) is 21.0 Å². The molecule has 0 aliphatic rings. The number of rotatable bonds is 8. The average molecular weight is 393 g/mol. The van der Waals surface area contributed by atoms with Crippen molar-refractivity contribution in [2.45, 2.75) is 22.8 Å². The lowest BCUT2D eigenvalue weighted by Gasteiger charge is -2.18. The fourth-order valence-corrected chi connectivity index (χ4v) is 3.83. The third kappa shape index (κ3) is 5.30. The summed E-state index contributed by atoms with van der Waals surface area (Å²) in [5, 5.41) is 6.28. The van der Waals surface area contributed by atoms with Crippen molar-refractivity contribution in [3.05, 3.63) is 84.4 Å². The minimum absolute atomic E-state index is 0.0714. The van der Waals surface area contributed by atoms with E-state index in [-0.39, 0.29) is 18.5 Å². The first-order valence-electron chi connectivity index (χ1n) is 9.15. The predicted octanol–water partition coefficient (Wildman–Crippen LogP) is 5.14. The number of ether oxygens (including phenoxy) is 1. The van der Waals surface area contributed by atoms with Crippen LogP contribution in [0.1, 0.15) is 18.5 Å². The number of anilines is 1. The summed E-state index contributed by atoms with van der Waals surface area (Å²) in [6.07, 6.45) is 0. The van der Waals surface area contributed by atoms with Crippen LogP contribution in [0.5, 0.6) is 5.75 Å². The van der Waals surface area contributed by atoms with Gasteiger partial charge in [0.1, 0.15) is 5.75 Å². The molecule has 0 aromatic heterocycles. The fourth-order valence-electron chi connectivity index (χ4n) is 2.89. The van der Waals surface area contributed by atoms with E-state index >= 15 is 0 Å². The van der Waals surface area contributed by atoms with Gasteiger partial charge in [0.05, 0.1) is 19.7 Å². The van der Waals surface area contributed by atoms with Gasteiger partial charge in [0.15, 0.2) is 0 Å². The third-order valence-electron chi connectivity index (χ3n) is 4.28. The number of carbonyl (C=O) groups excluding carboxylic acids is 1. The van der Waals surface area contributed by atoms with E-state index in [1.807, 2.05) is 67.6 Å². The zero-order valence-corrected chi connectivity index (χ0v) is 16.8. The van der Waals surface area contributed by atoms with Gasteiger partial charge in [-0.05, 0) is 37.3 Å². The van der Waals surface area contributed by atoms with Crippen LogP contribution in [0.4, 0.5) is 5.69 Å². The van der Waals surface area contributed by atoms with Crippen LogP contribution in [0.3, 0.4) is 0 Å². The number of hydrogen-bond donors (Lipinski definition) is 2. The molecule has 3 aromatic carbocycles. The maximum atomic E-state index is 12.4. The van der Waals surface area contributed by atoms with E-state index in [1.54, 1.807) is 18.9 Å². The molecule has 0 spiro atoms. The van der Waals surface area contributed by atoms with Crippen LogP contribution in [0.15, 0.2) is 88.7 Å². The maximum Gasteiger partial charge on any atom is 0.239 e. The zero-order chi connectivity index (χ0) is 19.8. The maximum absolute atomic E-state index is 12.4. The molecule has 28 heavy (non-hydrogen) atoms. The average Bonchev–Trinajstić information content (AvgIpc) is 2.73. The molecule has 1 atom stereocenters. The number of benzene rings is 3. The summed E-state index contributed by atoms with van der Waals surface area (Å²) in [6.45, 7) is 2.15. The Bertz CT molecular complexity index is 915. The van der Waals surface area contributed by atoms with Gasteiger partial charge < -0.3 is 15.4 Å². The van der Waals surface area contributed by atoms with Crippen molar-refractivity contribution in [1.82, 2.24) is 5.32 Å². The van der Waals surface area contributed by atoms with Crippen LogP contribution in [0.25, 0.3) is 0 Å². The van der Waals surface area contributed by atoms with E-state index in [0.29, 0.717) is 0 Å². The molecule has 5 heteroatoms. The number of para-hydroxylation sites is 2. The van der Waals surface area contributed by atoms with Gasteiger partial charge in [0.25, 0.3) is 0 Å². The predicted molar refractivity (Wildman–Crippen MR) is 115 cm³/mol. The number of carbonyl (C=O) groups is 1. The lowest BCUT2D eigenvalue weighted by molar-refractivity contribution is -0.120. The Morgan fingerprint density at radius 2 is 1.64 bits per heavy atom. The Labute approximate surface area is 170 Å². The van der Waals surface area contributed by atoms with E-state index < -0.39 is 0 Å². The molecule has 3 aromatic rings. The lowest BCUT2D eigenvalue weighted by Crippen LogP contribution is -2.32. The first-order chi connectivity index (χ1) is 13.7. The Hall–Kier alpha value is -2.92. The first-order valence-corrected chi connectivity index (χ1v) is 9.97. The van der Waals surface area contributed by atoms with Crippen LogP contribution < -0.4 is 15.4 Å². The molecule has 0 heterocycles. The minimum atomic E-state index is -0.139. The summed E-state index contributed by atoms with van der Waals surface area (Å²) in [5.74, 6) is 0.700. The largest absolute Gasteiger partial charge is 0.496 e. The molecule has 2 N–H and O–H groups in total. The molecule has 0 radical (unpaired) electrons. The van der Waals surface area contributed by atoms with E-state index in [1.165, 1.54) is 0 Å². The molecule has 4 nitrogen and oxygen atoms in total. The highest BCUT2D eigenvalue weighted by molar-refractivity contribution is 7.99. The Kier molecular flexibility index (Phi) is 6.98. The molecule has 0 saturated heterocycles. The topological polar surface area (TPSA) is 50.4 Å². The van der Waals surface area contributed by atoms with Crippen LogP contribution in [0, 0.1) is 0 Å². The molecular weight excluding hydrogens is 368 g/mol. The summed E-state index contributed by atoms with van der Waals surface area (Å²) < 4.78 is 5.38. The highest BCUT2D eigenvalue weighted by Gasteiger charge is 2.14. The first kappa shape index (κ1) is 19.8. The molecule has 144 valence electrons. The van der Waals surface area contributed by atoms with Crippen molar-refractivity contribution in [2.24, 2.45) is 0 Å². The van der Waals surface area contributed by atoms with Crippen LogP contribution >= 0.6 is 11.8 Å². The molecule has 0 aliphatic heterocycles. The van der Waals surface area contributed by atoms with Gasteiger partial charge >= 0.3 is 0 Å². The van der Waals surface area contributed by atoms with Gasteiger partial charge in [-0.2, -0.15) is 0 Å². The van der Waals surface area contributed by atoms with E-state index in [0.717, 1.165) is 26.8 Å². The summed E-state index contributed by atoms with van der Waals surface area (Å²) in [7, 11) is 1.64. The highest BCUT2D eigenvalue weighted by Crippen LogP contribution is 2.33. The summed E-state index contributed by atoms with van der Waals surface area (Å²) in [6, 6.07) is 25.8. The third-order valence-corrected chi connectivity index (χ3v) is 5.36. The quantitative estimate of drug-likeness (QED) is 0.558. The van der Waals surface area contributed by atoms with Gasteiger partial charge in [-0.15, -0.1) is 0 Å². The van der Waals surface area contributed by atoms with Crippen molar-refractivity contribution in [3.8, 4) is 5.75 Å². The van der Waals surface area contributed by atoms with Gasteiger partial charge in [0.2, 0.25) is 5.91 Å². The number of methoxy groups -OCH3 is 1. The van der Waals surface area contributed by atoms with Gasteiger partial charge in [-0.25, -0.2) is 0 Å². The van der Waals surface area contributed by atoms with Crippen LogP contribution in [-0.2, 0) is 4.79 Å². The highest BCUT2D eigenvalue weighted by atomic mass is 32.2. The SMILES string of the molecule is COc1ccccc1C(C)NC(=O)CNc1ccccc1Sc1ccccc1. The number of amides is 1. The number of nitrogens with one attached hydrogen (secondary N) is 2. The van der Waals surface area contributed by atoms with Crippen molar-refractivity contribution in [3.63, 3.8) is 0 Å². The normalized spacial score (nSPS) is 11.5. The Morgan fingerprint density at radius 3 is 2.43 bits per heavy atom. The molecule has 1 amide bonds. The molecule has 0 saturated carbocycles. The van der Waals surface area contributed by atoms with Gasteiger partial charge in [-0.3, -0.25) is 4.79 Å². The fraction of sp³-hybridized carbons (Fsp3) is 0.174. The summed E-state index contributed by atoms with van der Waals surface area (Å²) >= 11 is 1.67. The molecule has 1 unspecified atom stereocenters. The molecular formula is C23H24N2O2S. The Morgan fingerprint density at radius 1 is 0.964 bits per heavy atom. The van der Waals surface area contributed by atoms with Crippen molar-refractivity contribution < 1.29 is 9.53 Å². The van der Waals surface area contributed by atoms with Gasteiger partial charge in [-0.1, -0.05) is 60.3 Å². The van der Waals surface area contributed by atoms with Crippen LogP contribution in [-0.4, -0.2) is 19.6 Å². The second-order valence-corrected chi connectivity index (χ2v) is 7.41. The molecule has 0 aliphatic carbocycles. The smallest absolute Gasteiger partial charge is 0.239 e. The molecule has 0 fully saturated rings. The molecule has 3 rings (SSSR count). The van der Waals surface area contributed by atoms with Crippen molar-refractivity contribution in [2.75, 3.05) is 19.0 Å². The lowest BCUT2D eigenvalue weighted by atomic mass is 10.1. The molecule has 0 bridgehead atoms. The zero-order valence-electron chi connectivity index (χ0n) is 16.0. The monoisotopic (exact) mass is 392 g/mol. The summed E-state index contributed by atoms with van der Waals surface area (Å²) in [4.78, 5) is 14.7.